The summed E-state index contributed by atoms with van der Waals surface area (Å²) in [5.74, 6) is -0.496. The third kappa shape index (κ3) is 62.2. The lowest BCUT2D eigenvalue weighted by Crippen LogP contribution is -2.47. The first-order valence-corrected chi connectivity index (χ1v) is 36.6. The Hall–Kier alpha value is -2.29. The van der Waals surface area contributed by atoms with Crippen LogP contribution in [0.15, 0.2) is 60.8 Å². The van der Waals surface area contributed by atoms with E-state index < -0.39 is 20.0 Å². The minimum atomic E-state index is -4.45. The van der Waals surface area contributed by atoms with Crippen molar-refractivity contribution in [1.82, 2.24) is 5.32 Å². The van der Waals surface area contributed by atoms with Gasteiger partial charge in [-0.25, -0.2) is 4.57 Å². The zero-order valence-electron chi connectivity index (χ0n) is 55.0. The SMILES string of the molecule is CCCCC/C=C\C/C=C\CCCCCCCCCCCCCCCC(=O)NC(COP(=O)(O)OCC[N+](C)(C)C)C(/C=C/CCCCCCCCCCCC)OC(=O)CCCCCCCCCCCCC/C=C\C/C=C\CCCCC. The molecule has 0 aliphatic carbocycles. The first-order valence-electron chi connectivity index (χ1n) is 35.1. The number of phosphoric ester groups is 1. The van der Waals surface area contributed by atoms with Gasteiger partial charge in [0.15, 0.2) is 0 Å². The second-order valence-electron chi connectivity index (χ2n) is 25.0. The number of rotatable bonds is 64. The van der Waals surface area contributed by atoms with E-state index in [0.717, 1.165) is 70.6 Å². The minimum absolute atomic E-state index is 0.0399. The van der Waals surface area contributed by atoms with Crippen molar-refractivity contribution in [2.45, 2.75) is 348 Å². The number of likely N-dealkylation sites (N-methyl/N-ethyl adjacent to an activating group) is 1. The summed E-state index contributed by atoms with van der Waals surface area (Å²) in [5.41, 5.74) is 0. The smallest absolute Gasteiger partial charge is 0.456 e. The number of esters is 1. The van der Waals surface area contributed by atoms with Crippen molar-refractivity contribution >= 4 is 19.7 Å². The zero-order chi connectivity index (χ0) is 60.0. The maximum atomic E-state index is 13.6. The van der Waals surface area contributed by atoms with E-state index in [9.17, 15) is 19.0 Å². The Bertz CT molecular complexity index is 1590. The van der Waals surface area contributed by atoms with Crippen molar-refractivity contribution in [3.05, 3.63) is 60.8 Å². The van der Waals surface area contributed by atoms with Gasteiger partial charge < -0.3 is 19.4 Å². The van der Waals surface area contributed by atoms with Crippen LogP contribution in [0.4, 0.5) is 0 Å². The molecule has 1 amide bonds. The molecule has 0 rings (SSSR count). The third-order valence-electron chi connectivity index (χ3n) is 15.7. The van der Waals surface area contributed by atoms with E-state index in [1.54, 1.807) is 0 Å². The highest BCUT2D eigenvalue weighted by atomic mass is 31.2. The number of carbonyl (C=O) groups is 2. The number of ether oxygens (including phenoxy) is 1. The highest BCUT2D eigenvalue weighted by Crippen LogP contribution is 2.43. The van der Waals surface area contributed by atoms with E-state index in [1.807, 2.05) is 33.3 Å². The molecule has 0 heterocycles. The highest BCUT2D eigenvalue weighted by Gasteiger charge is 2.30. The molecule has 0 aromatic carbocycles. The van der Waals surface area contributed by atoms with Crippen LogP contribution in [0.5, 0.6) is 0 Å². The molecule has 0 radical (unpaired) electrons. The molecular formula is C72H136N2O7P+. The Morgan fingerprint density at radius 3 is 1.12 bits per heavy atom. The maximum absolute atomic E-state index is 13.6. The van der Waals surface area contributed by atoms with Crippen LogP contribution < -0.4 is 5.32 Å². The van der Waals surface area contributed by atoms with Crippen LogP contribution >= 0.6 is 7.82 Å². The van der Waals surface area contributed by atoms with Crippen LogP contribution in [0.2, 0.25) is 0 Å². The first kappa shape index (κ1) is 79.7. The Morgan fingerprint density at radius 1 is 0.427 bits per heavy atom. The lowest BCUT2D eigenvalue weighted by Gasteiger charge is -2.27. The number of allylic oxidation sites excluding steroid dienone is 9. The lowest BCUT2D eigenvalue weighted by atomic mass is 10.0. The van der Waals surface area contributed by atoms with E-state index in [2.05, 4.69) is 74.7 Å². The molecular weight excluding hydrogens is 1040 g/mol. The van der Waals surface area contributed by atoms with Gasteiger partial charge in [-0.1, -0.05) is 287 Å². The van der Waals surface area contributed by atoms with Gasteiger partial charge in [0.1, 0.15) is 19.3 Å². The van der Waals surface area contributed by atoms with E-state index in [-0.39, 0.29) is 31.5 Å². The Labute approximate surface area is 509 Å². The van der Waals surface area contributed by atoms with Gasteiger partial charge in [-0.2, -0.15) is 0 Å². The van der Waals surface area contributed by atoms with Crippen LogP contribution in [0, 0.1) is 0 Å². The summed E-state index contributed by atoms with van der Waals surface area (Å²) in [6, 6.07) is -0.850. The van der Waals surface area contributed by atoms with Crippen LogP contribution in [-0.2, 0) is 27.9 Å². The quantitative estimate of drug-likeness (QED) is 0.0205. The number of phosphoric acid groups is 1. The van der Waals surface area contributed by atoms with Crippen molar-refractivity contribution in [1.29, 1.82) is 0 Å². The van der Waals surface area contributed by atoms with Gasteiger partial charge in [-0.3, -0.25) is 18.6 Å². The van der Waals surface area contributed by atoms with Crippen molar-refractivity contribution in [3.63, 3.8) is 0 Å². The number of nitrogens with zero attached hydrogens (tertiary/aromatic N) is 1. The van der Waals surface area contributed by atoms with Crippen molar-refractivity contribution < 1.29 is 37.3 Å². The van der Waals surface area contributed by atoms with Crippen LogP contribution in [-0.4, -0.2) is 74.3 Å². The first-order chi connectivity index (χ1) is 39.9. The van der Waals surface area contributed by atoms with E-state index in [1.165, 1.54) is 231 Å². The van der Waals surface area contributed by atoms with Crippen LogP contribution in [0.25, 0.3) is 0 Å². The number of quaternary nitrogens is 1. The zero-order valence-corrected chi connectivity index (χ0v) is 55.9. The van der Waals surface area contributed by atoms with Gasteiger partial charge >= 0.3 is 13.8 Å². The molecule has 9 nitrogen and oxygen atoms in total. The molecule has 0 aliphatic rings. The number of hydrogen-bond acceptors (Lipinski definition) is 6. The number of amides is 1. The standard InChI is InChI=1S/C72H135N2O7P/c1-7-10-13-16-19-22-25-28-30-32-34-36-37-39-40-42-44-46-49-52-55-58-61-64-71(75)73-69(68-80-82(77,78)79-67-66-74(4,5)6)70(63-60-57-54-51-48-27-24-21-18-15-12-9-3)81-72(76)65-62-59-56-53-50-47-45-43-41-38-35-33-31-29-26-23-20-17-14-11-8-2/h19-20,22-23,28-31,60,63,69-70H,7-18,21,24-27,32-59,61-62,64-68H2,1-6H3,(H-,73,75,77,78)/p+1/b22-19-,23-20-,30-28-,31-29-,63-60+. The number of carbonyl (C=O) groups excluding carboxylic acids is 2. The largest absolute Gasteiger partial charge is 0.472 e. The second kappa shape index (κ2) is 61.8. The van der Waals surface area contributed by atoms with Crippen LogP contribution in [0.3, 0.4) is 0 Å². The summed E-state index contributed by atoms with van der Waals surface area (Å²) in [4.78, 5) is 37.9. The van der Waals surface area contributed by atoms with Crippen LogP contribution in [0.1, 0.15) is 335 Å². The van der Waals surface area contributed by atoms with E-state index >= 15 is 0 Å². The molecule has 0 aliphatic heterocycles. The monoisotopic (exact) mass is 1170 g/mol. The summed E-state index contributed by atoms with van der Waals surface area (Å²) in [7, 11) is 1.50. The van der Waals surface area contributed by atoms with E-state index in [0.29, 0.717) is 17.4 Å². The van der Waals surface area contributed by atoms with Gasteiger partial charge in [-0.15, -0.1) is 0 Å². The van der Waals surface area contributed by atoms with Gasteiger partial charge in [-0.05, 0) is 96.0 Å². The predicted molar refractivity (Wildman–Crippen MR) is 355 cm³/mol. The molecule has 3 atom stereocenters. The fourth-order valence-electron chi connectivity index (χ4n) is 10.2. The fourth-order valence-corrected chi connectivity index (χ4v) is 11.0. The van der Waals surface area contributed by atoms with Gasteiger partial charge in [0.2, 0.25) is 5.91 Å². The summed E-state index contributed by atoms with van der Waals surface area (Å²) in [5, 5.41) is 3.07. The molecule has 3 unspecified atom stereocenters. The average molecular weight is 1170 g/mol. The maximum Gasteiger partial charge on any atom is 0.472 e. The molecule has 82 heavy (non-hydrogen) atoms. The molecule has 0 saturated carbocycles. The predicted octanol–water partition coefficient (Wildman–Crippen LogP) is 22.2. The highest BCUT2D eigenvalue weighted by molar-refractivity contribution is 7.47. The van der Waals surface area contributed by atoms with Gasteiger partial charge in [0.05, 0.1) is 33.8 Å². The van der Waals surface area contributed by atoms with Crippen molar-refractivity contribution in [2.24, 2.45) is 0 Å². The third-order valence-corrected chi connectivity index (χ3v) is 16.7. The molecule has 0 fully saturated rings. The molecule has 2 N–H and O–H groups in total. The molecule has 10 heteroatoms. The Kier molecular flexibility index (Phi) is 60.1. The summed E-state index contributed by atoms with van der Waals surface area (Å²) < 4.78 is 30.8. The minimum Gasteiger partial charge on any atom is -0.456 e. The van der Waals surface area contributed by atoms with E-state index in [4.69, 9.17) is 13.8 Å². The second-order valence-corrected chi connectivity index (χ2v) is 26.5. The molecule has 0 bridgehead atoms. The summed E-state index contributed by atoms with van der Waals surface area (Å²) >= 11 is 0. The van der Waals surface area contributed by atoms with Gasteiger partial charge in [0.25, 0.3) is 0 Å². The number of unbranched alkanes of at least 4 members (excludes halogenated alkanes) is 40. The molecule has 0 saturated heterocycles. The number of nitrogens with one attached hydrogen (secondary N) is 1. The molecule has 0 aromatic rings. The summed E-state index contributed by atoms with van der Waals surface area (Å²) in [6.07, 6.45) is 79.4. The topological polar surface area (TPSA) is 111 Å². The number of hydrogen-bond donors (Lipinski definition) is 2. The normalized spacial score (nSPS) is 13.9. The molecule has 0 spiro atoms. The van der Waals surface area contributed by atoms with Crippen molar-refractivity contribution in [3.8, 4) is 0 Å². The Balaban J connectivity index is 5.08. The van der Waals surface area contributed by atoms with Crippen molar-refractivity contribution in [2.75, 3.05) is 40.9 Å². The average Bonchev–Trinajstić information content (AvgIpc) is 3.47. The molecule has 480 valence electrons. The lowest BCUT2D eigenvalue weighted by molar-refractivity contribution is -0.870. The van der Waals surface area contributed by atoms with Gasteiger partial charge in [0, 0.05) is 12.8 Å². The Morgan fingerprint density at radius 2 is 0.744 bits per heavy atom. The summed E-state index contributed by atoms with van der Waals surface area (Å²) in [6.45, 7) is 7.00. The fraction of sp³-hybridized carbons (Fsp3) is 0.833. The molecule has 0 aromatic heterocycles.